The van der Waals surface area contributed by atoms with Crippen LogP contribution in [0.3, 0.4) is 0 Å². The normalized spacial score (nSPS) is 10.6. The Labute approximate surface area is 76.4 Å². The van der Waals surface area contributed by atoms with Crippen molar-refractivity contribution in [3.63, 3.8) is 0 Å². The van der Waals surface area contributed by atoms with E-state index in [2.05, 4.69) is 37.5 Å². The van der Waals surface area contributed by atoms with Gasteiger partial charge in [0.25, 0.3) is 0 Å². The molecule has 0 unspecified atom stereocenters. The lowest BCUT2D eigenvalue weighted by molar-refractivity contribution is 1.33. The zero-order chi connectivity index (χ0) is 7.84. The van der Waals surface area contributed by atoms with Crippen LogP contribution >= 0.6 is 22.6 Å². The van der Waals surface area contributed by atoms with Crippen LogP contribution in [0.4, 0.5) is 5.82 Å². The van der Waals surface area contributed by atoms with Gasteiger partial charge >= 0.3 is 0 Å². The molecule has 3 N–H and O–H groups in total. The van der Waals surface area contributed by atoms with E-state index < -0.39 is 0 Å². The highest BCUT2D eigenvalue weighted by Crippen LogP contribution is 2.19. The van der Waals surface area contributed by atoms with Gasteiger partial charge in [-0.15, -0.1) is 0 Å². The van der Waals surface area contributed by atoms with Gasteiger partial charge in [0, 0.05) is 0 Å². The zero-order valence-corrected chi connectivity index (χ0v) is 7.66. The number of aromatic nitrogens is 3. The summed E-state index contributed by atoms with van der Waals surface area (Å²) in [6.07, 6.45) is 3.29. The SMILES string of the molecule is Nc1ncc2nc[nH]c2c1I. The molecule has 0 atom stereocenters. The molecular weight excluding hydrogens is 255 g/mol. The number of imidazole rings is 1. The Morgan fingerprint density at radius 2 is 2.27 bits per heavy atom. The average molecular weight is 260 g/mol. The molecule has 0 aliphatic carbocycles. The summed E-state index contributed by atoms with van der Waals surface area (Å²) >= 11 is 2.14. The number of aromatic amines is 1. The lowest BCUT2D eigenvalue weighted by atomic mass is 10.4. The van der Waals surface area contributed by atoms with E-state index in [0.29, 0.717) is 5.82 Å². The Morgan fingerprint density at radius 3 is 3.09 bits per heavy atom. The average Bonchev–Trinajstić information content (AvgIpc) is 2.45. The number of nitrogens with zero attached hydrogens (tertiary/aromatic N) is 2. The number of H-pyrrole nitrogens is 1. The van der Waals surface area contributed by atoms with Crippen molar-refractivity contribution in [3.05, 3.63) is 16.1 Å². The summed E-state index contributed by atoms with van der Waals surface area (Å²) in [5, 5.41) is 0. The summed E-state index contributed by atoms with van der Waals surface area (Å²) in [6.45, 7) is 0. The number of rotatable bonds is 0. The van der Waals surface area contributed by atoms with Gasteiger partial charge in [-0.25, -0.2) is 9.97 Å². The molecule has 0 radical (unpaired) electrons. The number of anilines is 1. The molecule has 0 amide bonds. The minimum atomic E-state index is 0.544. The molecule has 0 spiro atoms. The van der Waals surface area contributed by atoms with Gasteiger partial charge in [-0.05, 0) is 22.6 Å². The van der Waals surface area contributed by atoms with Crippen LogP contribution in [0.1, 0.15) is 0 Å². The fraction of sp³-hybridized carbons (Fsp3) is 0. The summed E-state index contributed by atoms with van der Waals surface area (Å²) < 4.78 is 0.928. The van der Waals surface area contributed by atoms with E-state index in [1.807, 2.05) is 0 Å². The molecule has 2 aromatic rings. The highest BCUT2D eigenvalue weighted by molar-refractivity contribution is 14.1. The predicted molar refractivity (Wildman–Crippen MR) is 51.0 cm³/mol. The molecule has 0 fully saturated rings. The summed E-state index contributed by atoms with van der Waals surface area (Å²) in [6, 6.07) is 0. The van der Waals surface area contributed by atoms with Gasteiger partial charge in [-0.2, -0.15) is 0 Å². The Hall–Kier alpha value is -0.850. The monoisotopic (exact) mass is 260 g/mol. The van der Waals surface area contributed by atoms with E-state index in [0.717, 1.165) is 14.6 Å². The summed E-state index contributed by atoms with van der Waals surface area (Å²) in [5.74, 6) is 0.544. The van der Waals surface area contributed by atoms with Crippen LogP contribution in [0, 0.1) is 3.57 Å². The second-order valence-corrected chi connectivity index (χ2v) is 3.20. The van der Waals surface area contributed by atoms with Crippen molar-refractivity contribution >= 4 is 39.4 Å². The van der Waals surface area contributed by atoms with Crippen LogP contribution in [0.2, 0.25) is 0 Å². The Kier molecular flexibility index (Phi) is 1.45. The highest BCUT2D eigenvalue weighted by Gasteiger charge is 2.03. The van der Waals surface area contributed by atoms with Gasteiger partial charge in [-0.1, -0.05) is 0 Å². The molecule has 0 aliphatic heterocycles. The molecule has 11 heavy (non-hydrogen) atoms. The summed E-state index contributed by atoms with van der Waals surface area (Å²) in [5.41, 5.74) is 7.39. The van der Waals surface area contributed by atoms with Gasteiger partial charge in [0.05, 0.1) is 21.6 Å². The molecule has 0 saturated carbocycles. The van der Waals surface area contributed by atoms with Gasteiger partial charge < -0.3 is 10.7 Å². The zero-order valence-electron chi connectivity index (χ0n) is 5.50. The molecule has 2 aromatic heterocycles. The summed E-state index contributed by atoms with van der Waals surface area (Å²) in [4.78, 5) is 11.0. The number of hydrogen-bond donors (Lipinski definition) is 2. The quantitative estimate of drug-likeness (QED) is 0.698. The van der Waals surface area contributed by atoms with Gasteiger partial charge in [0.2, 0.25) is 0 Å². The Balaban J connectivity index is 2.93. The molecule has 2 heterocycles. The first-order valence-corrected chi connectivity index (χ1v) is 4.10. The predicted octanol–water partition coefficient (Wildman–Crippen LogP) is 1.14. The van der Waals surface area contributed by atoms with Crippen molar-refractivity contribution in [3.8, 4) is 0 Å². The topological polar surface area (TPSA) is 67.6 Å². The summed E-state index contributed by atoms with van der Waals surface area (Å²) in [7, 11) is 0. The molecule has 0 bridgehead atoms. The van der Waals surface area contributed by atoms with Crippen LogP contribution in [0.15, 0.2) is 12.5 Å². The Morgan fingerprint density at radius 1 is 1.45 bits per heavy atom. The second kappa shape index (κ2) is 2.33. The van der Waals surface area contributed by atoms with E-state index >= 15 is 0 Å². The number of pyridine rings is 1. The third-order valence-electron chi connectivity index (χ3n) is 1.44. The number of fused-ring (bicyclic) bond motifs is 1. The van der Waals surface area contributed by atoms with Gasteiger partial charge in [-0.3, -0.25) is 0 Å². The van der Waals surface area contributed by atoms with Crippen molar-refractivity contribution in [1.82, 2.24) is 15.0 Å². The molecular formula is C6H5IN4. The number of hydrogen-bond acceptors (Lipinski definition) is 3. The van der Waals surface area contributed by atoms with Crippen LogP contribution in [0.25, 0.3) is 11.0 Å². The van der Waals surface area contributed by atoms with Gasteiger partial charge in [0.1, 0.15) is 11.3 Å². The molecule has 4 nitrogen and oxygen atoms in total. The van der Waals surface area contributed by atoms with E-state index in [9.17, 15) is 0 Å². The first-order valence-electron chi connectivity index (χ1n) is 3.02. The lowest BCUT2D eigenvalue weighted by Crippen LogP contribution is -1.93. The maximum atomic E-state index is 5.58. The van der Waals surface area contributed by atoms with Gasteiger partial charge in [0.15, 0.2) is 0 Å². The number of nitrogens with one attached hydrogen (secondary N) is 1. The molecule has 0 aromatic carbocycles. The fourth-order valence-electron chi connectivity index (χ4n) is 0.894. The van der Waals surface area contributed by atoms with Crippen LogP contribution in [0.5, 0.6) is 0 Å². The molecule has 0 saturated heterocycles. The smallest absolute Gasteiger partial charge is 0.139 e. The molecule has 5 heteroatoms. The number of halogens is 1. The molecule has 0 aliphatic rings. The highest BCUT2D eigenvalue weighted by atomic mass is 127. The fourth-order valence-corrected chi connectivity index (χ4v) is 1.47. The van der Waals surface area contributed by atoms with E-state index in [4.69, 9.17) is 5.73 Å². The van der Waals surface area contributed by atoms with Crippen LogP contribution in [-0.4, -0.2) is 15.0 Å². The van der Waals surface area contributed by atoms with Crippen LogP contribution < -0.4 is 5.73 Å². The minimum absolute atomic E-state index is 0.544. The molecule has 2 rings (SSSR count). The molecule has 56 valence electrons. The van der Waals surface area contributed by atoms with Crippen molar-refractivity contribution in [2.75, 3.05) is 5.73 Å². The van der Waals surface area contributed by atoms with Crippen molar-refractivity contribution < 1.29 is 0 Å². The maximum absolute atomic E-state index is 5.58. The van der Waals surface area contributed by atoms with Crippen molar-refractivity contribution in [2.45, 2.75) is 0 Å². The standard InChI is InChI=1S/C6H5IN4/c7-4-5-3(10-2-11-5)1-9-6(4)8/h1-2H,(H2,8,9)(H,10,11). The van der Waals surface area contributed by atoms with E-state index in [1.165, 1.54) is 0 Å². The van der Waals surface area contributed by atoms with Crippen molar-refractivity contribution in [1.29, 1.82) is 0 Å². The van der Waals surface area contributed by atoms with Crippen molar-refractivity contribution in [2.24, 2.45) is 0 Å². The van der Waals surface area contributed by atoms with E-state index in [1.54, 1.807) is 12.5 Å². The first kappa shape index (κ1) is 6.84. The Bertz CT molecular complexity index is 394. The second-order valence-electron chi connectivity index (χ2n) is 2.12. The minimum Gasteiger partial charge on any atom is -0.383 e. The largest absolute Gasteiger partial charge is 0.383 e. The lowest BCUT2D eigenvalue weighted by Gasteiger charge is -1.95. The van der Waals surface area contributed by atoms with Crippen LogP contribution in [-0.2, 0) is 0 Å². The van der Waals surface area contributed by atoms with E-state index in [-0.39, 0.29) is 0 Å². The maximum Gasteiger partial charge on any atom is 0.139 e. The number of nitrogen functional groups attached to an aromatic ring is 1. The third kappa shape index (κ3) is 0.953. The third-order valence-corrected chi connectivity index (χ3v) is 2.53. The number of nitrogens with two attached hydrogens (primary N) is 1. The first-order chi connectivity index (χ1) is 5.29.